The zero-order valence-electron chi connectivity index (χ0n) is 13.6. The third kappa shape index (κ3) is 3.47. The Morgan fingerprint density at radius 1 is 1.39 bits per heavy atom. The third-order valence-corrected chi connectivity index (χ3v) is 4.69. The summed E-state index contributed by atoms with van der Waals surface area (Å²) in [7, 11) is 1.83. The second-order valence-electron chi connectivity index (χ2n) is 6.31. The fourth-order valence-corrected chi connectivity index (χ4v) is 3.21. The molecule has 124 valence electrons. The van der Waals surface area contributed by atoms with Gasteiger partial charge >= 0.3 is 6.03 Å². The molecule has 0 radical (unpaired) electrons. The molecule has 2 amide bonds. The van der Waals surface area contributed by atoms with E-state index in [1.165, 1.54) is 0 Å². The van der Waals surface area contributed by atoms with Gasteiger partial charge in [-0.15, -0.1) is 0 Å². The van der Waals surface area contributed by atoms with Gasteiger partial charge < -0.3 is 19.7 Å². The van der Waals surface area contributed by atoms with E-state index in [0.717, 1.165) is 36.8 Å². The molecule has 0 saturated heterocycles. The highest BCUT2D eigenvalue weighted by Gasteiger charge is 2.26. The molecule has 6 heteroatoms. The van der Waals surface area contributed by atoms with E-state index in [9.17, 15) is 9.90 Å². The maximum atomic E-state index is 12.4. The van der Waals surface area contributed by atoms with Crippen molar-refractivity contribution in [3.63, 3.8) is 0 Å². The molecule has 3 rings (SSSR count). The standard InChI is InChI=1S/C17H23N3O3/c1-11-18-15-9-13(5-8-16(15)23-11)19-17(22)20(2)14-6-3-12(10-21)4-7-14/h5,8-9,12,14,21H,3-4,6-7,10H2,1-2H3,(H,19,22). The summed E-state index contributed by atoms with van der Waals surface area (Å²) in [6, 6.07) is 5.58. The Hall–Kier alpha value is -2.08. The summed E-state index contributed by atoms with van der Waals surface area (Å²) in [5.74, 6) is 1.00. The lowest BCUT2D eigenvalue weighted by Crippen LogP contribution is -2.42. The van der Waals surface area contributed by atoms with Crippen LogP contribution in [0, 0.1) is 12.8 Å². The van der Waals surface area contributed by atoms with Crippen LogP contribution in [0.1, 0.15) is 31.6 Å². The number of hydrogen-bond acceptors (Lipinski definition) is 4. The minimum absolute atomic E-state index is 0.114. The first-order valence-electron chi connectivity index (χ1n) is 8.08. The molecule has 1 aromatic carbocycles. The maximum absolute atomic E-state index is 12.4. The number of aliphatic hydroxyl groups excluding tert-OH is 1. The van der Waals surface area contributed by atoms with Crippen LogP contribution < -0.4 is 5.32 Å². The zero-order valence-corrected chi connectivity index (χ0v) is 13.6. The van der Waals surface area contributed by atoms with E-state index in [1.54, 1.807) is 11.8 Å². The summed E-state index contributed by atoms with van der Waals surface area (Å²) in [6.07, 6.45) is 3.83. The molecule has 1 saturated carbocycles. The number of aryl methyl sites for hydroxylation is 1. The van der Waals surface area contributed by atoms with E-state index in [2.05, 4.69) is 10.3 Å². The fourth-order valence-electron chi connectivity index (χ4n) is 3.21. The summed E-state index contributed by atoms with van der Waals surface area (Å²) in [5.41, 5.74) is 2.18. The number of carbonyl (C=O) groups excluding carboxylic acids is 1. The monoisotopic (exact) mass is 317 g/mol. The number of benzene rings is 1. The van der Waals surface area contributed by atoms with Gasteiger partial charge in [-0.2, -0.15) is 0 Å². The van der Waals surface area contributed by atoms with Crippen LogP contribution in [0.5, 0.6) is 0 Å². The molecule has 0 unspecified atom stereocenters. The van der Waals surface area contributed by atoms with Crippen molar-refractivity contribution in [3.05, 3.63) is 24.1 Å². The lowest BCUT2D eigenvalue weighted by Gasteiger charge is -2.34. The Balaban J connectivity index is 1.63. The Morgan fingerprint density at radius 3 is 2.83 bits per heavy atom. The molecule has 1 fully saturated rings. The van der Waals surface area contributed by atoms with E-state index < -0.39 is 0 Å². The van der Waals surface area contributed by atoms with E-state index in [4.69, 9.17) is 4.42 Å². The molecule has 0 bridgehead atoms. The number of nitrogens with zero attached hydrogens (tertiary/aromatic N) is 2. The van der Waals surface area contributed by atoms with Crippen molar-refractivity contribution in [3.8, 4) is 0 Å². The predicted molar refractivity (Wildman–Crippen MR) is 88.4 cm³/mol. The van der Waals surface area contributed by atoms with Crippen LogP contribution in [0.15, 0.2) is 22.6 Å². The highest BCUT2D eigenvalue weighted by molar-refractivity contribution is 5.91. The molecule has 1 aromatic heterocycles. The first-order chi connectivity index (χ1) is 11.1. The van der Waals surface area contributed by atoms with E-state index in [-0.39, 0.29) is 18.7 Å². The molecule has 1 aliphatic rings. The van der Waals surface area contributed by atoms with Gasteiger partial charge in [-0.1, -0.05) is 0 Å². The maximum Gasteiger partial charge on any atom is 0.321 e. The number of amides is 2. The summed E-state index contributed by atoms with van der Waals surface area (Å²) < 4.78 is 5.44. The van der Waals surface area contributed by atoms with Crippen LogP contribution in [0.2, 0.25) is 0 Å². The van der Waals surface area contributed by atoms with Gasteiger partial charge in [0.2, 0.25) is 0 Å². The molecular weight excluding hydrogens is 294 g/mol. The highest BCUT2D eigenvalue weighted by Crippen LogP contribution is 2.27. The van der Waals surface area contributed by atoms with Crippen molar-refractivity contribution < 1.29 is 14.3 Å². The molecular formula is C17H23N3O3. The van der Waals surface area contributed by atoms with Gasteiger partial charge in [0.15, 0.2) is 11.5 Å². The Kier molecular flexibility index (Phi) is 4.52. The normalized spacial score (nSPS) is 21.3. The third-order valence-electron chi connectivity index (χ3n) is 4.69. The summed E-state index contributed by atoms with van der Waals surface area (Å²) >= 11 is 0. The van der Waals surface area contributed by atoms with Crippen molar-refractivity contribution in [2.24, 2.45) is 5.92 Å². The first-order valence-corrected chi connectivity index (χ1v) is 8.08. The zero-order chi connectivity index (χ0) is 16.4. The van der Waals surface area contributed by atoms with Gasteiger partial charge in [0.25, 0.3) is 0 Å². The molecule has 6 nitrogen and oxygen atoms in total. The highest BCUT2D eigenvalue weighted by atomic mass is 16.3. The van der Waals surface area contributed by atoms with Crippen molar-refractivity contribution in [2.75, 3.05) is 19.0 Å². The van der Waals surface area contributed by atoms with Crippen LogP contribution in [0.3, 0.4) is 0 Å². The molecule has 1 heterocycles. The van der Waals surface area contributed by atoms with Gasteiger partial charge in [0.05, 0.1) is 0 Å². The topological polar surface area (TPSA) is 78.6 Å². The Labute approximate surface area is 135 Å². The molecule has 23 heavy (non-hydrogen) atoms. The van der Waals surface area contributed by atoms with Crippen LogP contribution >= 0.6 is 0 Å². The van der Waals surface area contributed by atoms with Crippen molar-refractivity contribution in [1.82, 2.24) is 9.88 Å². The molecule has 0 atom stereocenters. The molecule has 2 aromatic rings. The number of aromatic nitrogens is 1. The molecule has 1 aliphatic carbocycles. The molecule has 0 aliphatic heterocycles. The predicted octanol–water partition coefficient (Wildman–Crippen LogP) is 3.15. The minimum Gasteiger partial charge on any atom is -0.441 e. The van der Waals surface area contributed by atoms with Gasteiger partial charge in [-0.25, -0.2) is 9.78 Å². The number of oxazole rings is 1. The van der Waals surface area contributed by atoms with Gasteiger partial charge in [-0.3, -0.25) is 0 Å². The smallest absolute Gasteiger partial charge is 0.321 e. The lowest BCUT2D eigenvalue weighted by atomic mass is 9.86. The Bertz CT molecular complexity index is 689. The van der Waals surface area contributed by atoms with Crippen molar-refractivity contribution in [1.29, 1.82) is 0 Å². The average molecular weight is 317 g/mol. The van der Waals surface area contributed by atoms with Crippen LogP contribution in [0.25, 0.3) is 11.1 Å². The Morgan fingerprint density at radius 2 is 2.13 bits per heavy atom. The largest absolute Gasteiger partial charge is 0.441 e. The van der Waals surface area contributed by atoms with E-state index in [0.29, 0.717) is 17.5 Å². The van der Waals surface area contributed by atoms with Crippen LogP contribution in [-0.2, 0) is 0 Å². The van der Waals surface area contributed by atoms with Crippen LogP contribution in [-0.4, -0.2) is 40.7 Å². The molecule has 0 spiro atoms. The van der Waals surface area contributed by atoms with Crippen molar-refractivity contribution in [2.45, 2.75) is 38.6 Å². The number of fused-ring (bicyclic) bond motifs is 1. The number of urea groups is 1. The number of anilines is 1. The number of nitrogens with one attached hydrogen (secondary N) is 1. The average Bonchev–Trinajstić information content (AvgIpc) is 2.93. The number of rotatable bonds is 3. The van der Waals surface area contributed by atoms with Gasteiger partial charge in [0, 0.05) is 32.3 Å². The SMILES string of the molecule is Cc1nc2cc(NC(=O)N(C)C3CCC(CO)CC3)ccc2o1. The number of carbonyl (C=O) groups is 1. The molecule has 2 N–H and O–H groups in total. The van der Waals surface area contributed by atoms with E-state index >= 15 is 0 Å². The number of hydrogen-bond donors (Lipinski definition) is 2. The summed E-state index contributed by atoms with van der Waals surface area (Å²) in [6.45, 7) is 2.05. The lowest BCUT2D eigenvalue weighted by molar-refractivity contribution is 0.139. The quantitative estimate of drug-likeness (QED) is 0.911. The van der Waals surface area contributed by atoms with E-state index in [1.807, 2.05) is 25.2 Å². The fraction of sp³-hybridized carbons (Fsp3) is 0.529. The number of aliphatic hydroxyl groups is 1. The van der Waals surface area contributed by atoms with Gasteiger partial charge in [0.1, 0.15) is 5.52 Å². The van der Waals surface area contributed by atoms with Crippen LogP contribution in [0.4, 0.5) is 10.5 Å². The summed E-state index contributed by atoms with van der Waals surface area (Å²) in [5, 5.41) is 12.1. The second kappa shape index (κ2) is 6.58. The summed E-state index contributed by atoms with van der Waals surface area (Å²) in [4.78, 5) is 18.5. The minimum atomic E-state index is -0.114. The van der Waals surface area contributed by atoms with Gasteiger partial charge in [-0.05, 0) is 49.8 Å². The second-order valence-corrected chi connectivity index (χ2v) is 6.31. The first kappa shape index (κ1) is 15.8. The van der Waals surface area contributed by atoms with Crippen molar-refractivity contribution >= 4 is 22.8 Å².